The van der Waals surface area contributed by atoms with Gasteiger partial charge in [0.05, 0.1) is 68.5 Å². The van der Waals surface area contributed by atoms with Crippen LogP contribution in [0.15, 0.2) is 56.1 Å². The number of benzene rings is 2. The first kappa shape index (κ1) is 30.0. The molecule has 14 heteroatoms. The molecule has 0 unspecified atom stereocenters. The van der Waals surface area contributed by atoms with Crippen molar-refractivity contribution in [2.45, 2.75) is 23.1 Å². The molecular formula is C29H29FIN7O3S2. The van der Waals surface area contributed by atoms with Gasteiger partial charge in [0.15, 0.2) is 26.3 Å². The summed E-state index contributed by atoms with van der Waals surface area (Å²) < 4.78 is 31.3. The van der Waals surface area contributed by atoms with E-state index in [9.17, 15) is 4.79 Å². The van der Waals surface area contributed by atoms with Gasteiger partial charge in [-0.3, -0.25) is 4.79 Å². The molecule has 43 heavy (non-hydrogen) atoms. The van der Waals surface area contributed by atoms with E-state index in [1.165, 1.54) is 29.2 Å². The first-order valence-electron chi connectivity index (χ1n) is 13.7. The highest BCUT2D eigenvalue weighted by Gasteiger charge is 2.33. The fourth-order valence-electron chi connectivity index (χ4n) is 5.40. The molecule has 1 fully saturated rings. The van der Waals surface area contributed by atoms with E-state index in [1.807, 2.05) is 52.9 Å². The predicted octanol–water partition coefficient (Wildman–Crippen LogP) is 1.86. The van der Waals surface area contributed by atoms with Crippen molar-refractivity contribution >= 4 is 39.7 Å². The Hall–Kier alpha value is -3.08. The van der Waals surface area contributed by atoms with Crippen LogP contribution in [0, 0.1) is 5.82 Å². The molecule has 224 valence electrons. The summed E-state index contributed by atoms with van der Waals surface area (Å²) in [6, 6.07) is 10.9. The summed E-state index contributed by atoms with van der Waals surface area (Å²) in [5.41, 5.74) is 2.02. The highest BCUT2D eigenvalue weighted by atomic mass is 127. The summed E-state index contributed by atoms with van der Waals surface area (Å²) in [7, 11) is 4.36. The Morgan fingerprint density at radius 2 is 1.88 bits per heavy atom. The fourth-order valence-corrected chi connectivity index (χ4v) is 7.09. The molecule has 0 aliphatic carbocycles. The van der Waals surface area contributed by atoms with Gasteiger partial charge in [-0.05, 0) is 25.1 Å². The zero-order valence-corrected chi connectivity index (χ0v) is 27.6. The van der Waals surface area contributed by atoms with Crippen LogP contribution in [-0.2, 0) is 5.75 Å². The summed E-state index contributed by atoms with van der Waals surface area (Å²) in [4.78, 5) is 15.8. The first-order valence-corrected chi connectivity index (χ1v) is 15.5. The summed E-state index contributed by atoms with van der Waals surface area (Å²) >= 11 is 2.71. The number of pyridine rings is 1. The third kappa shape index (κ3) is 5.65. The molecule has 0 bridgehead atoms. The topological polar surface area (TPSA) is 99.2 Å². The van der Waals surface area contributed by atoms with E-state index in [0.29, 0.717) is 69.1 Å². The van der Waals surface area contributed by atoms with Gasteiger partial charge in [0.1, 0.15) is 12.3 Å². The maximum atomic E-state index is 15.8. The second-order valence-electron chi connectivity index (χ2n) is 11.3. The van der Waals surface area contributed by atoms with Crippen LogP contribution in [0.2, 0.25) is 0 Å². The molecule has 1 saturated heterocycles. The lowest BCUT2D eigenvalue weighted by atomic mass is 10.1. The standard InChI is InChI=1S/C29H29FN7O3S2.HI/c1-17-15-39-26-23-19(13-21(30)24(26)35-9-11-37(2,3)12-10-35)25(38)20(14-36(17)23)28-33-34-29(42-28)41-16-22-31-32-27(40-22)18-7-5-4-6-8-18;/h4-8,13-14,17H,9-12,15-16H2,1-3H3;1H/q+1;/p-1/t17-;/m0./s1. The fraction of sp³-hybridized carbons (Fsp3) is 0.345. The van der Waals surface area contributed by atoms with Gasteiger partial charge in [-0.15, -0.1) is 20.4 Å². The normalized spacial score (nSPS) is 17.5. The second kappa shape index (κ2) is 11.8. The van der Waals surface area contributed by atoms with E-state index in [2.05, 4.69) is 34.5 Å². The minimum Gasteiger partial charge on any atom is -1.00 e. The quantitative estimate of drug-likeness (QED) is 0.147. The molecule has 7 rings (SSSR count). The predicted molar refractivity (Wildman–Crippen MR) is 161 cm³/mol. The Bertz CT molecular complexity index is 1850. The molecule has 3 aromatic heterocycles. The molecule has 5 heterocycles. The molecular weight excluding hydrogens is 704 g/mol. The SMILES string of the molecule is C[C@H]1COc2c(N3CC[N+](C)(C)CC3)c(F)cc3c(=O)c(-c4nnc(SCc5nnc(-c6ccccc6)o5)s4)cn1c23.[I-]. The van der Waals surface area contributed by atoms with Crippen molar-refractivity contribution in [2.24, 2.45) is 0 Å². The van der Waals surface area contributed by atoms with E-state index in [1.54, 1.807) is 0 Å². The highest BCUT2D eigenvalue weighted by Crippen LogP contribution is 2.43. The Morgan fingerprint density at radius 3 is 2.65 bits per heavy atom. The van der Waals surface area contributed by atoms with Crippen molar-refractivity contribution in [3.05, 3.63) is 64.5 Å². The van der Waals surface area contributed by atoms with Gasteiger partial charge in [-0.25, -0.2) is 4.39 Å². The number of hydrogen-bond acceptors (Lipinski definition) is 10. The molecule has 2 aliphatic heterocycles. The number of rotatable bonds is 6. The molecule has 0 radical (unpaired) electrons. The summed E-state index contributed by atoms with van der Waals surface area (Å²) in [6.45, 7) is 5.63. The van der Waals surface area contributed by atoms with E-state index in [0.717, 1.165) is 23.1 Å². The van der Waals surface area contributed by atoms with Crippen LogP contribution < -0.4 is 39.0 Å². The molecule has 1 atom stereocenters. The summed E-state index contributed by atoms with van der Waals surface area (Å²) in [6.07, 6.45) is 1.82. The third-order valence-electron chi connectivity index (χ3n) is 7.85. The molecule has 0 amide bonds. The lowest BCUT2D eigenvalue weighted by Crippen LogP contribution is -3.00. The number of likely N-dealkylation sites (N-methyl/N-ethyl adjacent to an activating group) is 1. The van der Waals surface area contributed by atoms with Gasteiger partial charge < -0.3 is 47.1 Å². The van der Waals surface area contributed by atoms with Gasteiger partial charge in [-0.2, -0.15) is 0 Å². The van der Waals surface area contributed by atoms with Crippen LogP contribution >= 0.6 is 23.1 Å². The number of halogens is 2. The average Bonchev–Trinajstić information content (AvgIpc) is 3.66. The number of quaternary nitrogens is 1. The van der Waals surface area contributed by atoms with Crippen LogP contribution in [-0.4, -0.2) is 76.3 Å². The highest BCUT2D eigenvalue weighted by molar-refractivity contribution is 8.00. The smallest absolute Gasteiger partial charge is 0.247 e. The number of hydrogen-bond donors (Lipinski definition) is 0. The average molecular weight is 734 g/mol. The van der Waals surface area contributed by atoms with Crippen molar-refractivity contribution in [3.8, 4) is 27.8 Å². The zero-order valence-electron chi connectivity index (χ0n) is 23.8. The Morgan fingerprint density at radius 1 is 1.12 bits per heavy atom. The molecule has 0 saturated carbocycles. The summed E-state index contributed by atoms with van der Waals surface area (Å²) in [5, 5.41) is 17.6. The van der Waals surface area contributed by atoms with Crippen molar-refractivity contribution in [1.29, 1.82) is 0 Å². The van der Waals surface area contributed by atoms with Gasteiger partial charge in [0, 0.05) is 11.8 Å². The van der Waals surface area contributed by atoms with Crippen LogP contribution in [0.25, 0.3) is 32.9 Å². The first-order chi connectivity index (χ1) is 20.3. The van der Waals surface area contributed by atoms with Gasteiger partial charge in [0.25, 0.3) is 0 Å². The lowest BCUT2D eigenvalue weighted by Gasteiger charge is -2.41. The van der Waals surface area contributed by atoms with Crippen molar-refractivity contribution < 1.29 is 42.0 Å². The minimum atomic E-state index is -0.442. The Labute approximate surface area is 272 Å². The monoisotopic (exact) mass is 733 g/mol. The lowest BCUT2D eigenvalue weighted by molar-refractivity contribution is -0.890. The molecule has 0 spiro atoms. The van der Waals surface area contributed by atoms with Gasteiger partial charge in [0.2, 0.25) is 11.8 Å². The van der Waals surface area contributed by atoms with Crippen LogP contribution in [0.1, 0.15) is 18.9 Å². The number of anilines is 1. The molecule has 2 aliphatic rings. The summed E-state index contributed by atoms with van der Waals surface area (Å²) in [5.74, 6) is 1.34. The minimum absolute atomic E-state index is 0. The van der Waals surface area contributed by atoms with Crippen LogP contribution in [0.5, 0.6) is 5.75 Å². The van der Waals surface area contributed by atoms with Crippen LogP contribution in [0.3, 0.4) is 0 Å². The number of thioether (sulfide) groups is 1. The number of piperazine rings is 1. The van der Waals surface area contributed by atoms with E-state index < -0.39 is 5.82 Å². The maximum absolute atomic E-state index is 15.8. The maximum Gasteiger partial charge on any atom is 0.247 e. The van der Waals surface area contributed by atoms with Crippen molar-refractivity contribution in [1.82, 2.24) is 25.0 Å². The van der Waals surface area contributed by atoms with Crippen molar-refractivity contribution in [3.63, 3.8) is 0 Å². The zero-order chi connectivity index (χ0) is 29.0. The van der Waals surface area contributed by atoms with E-state index in [4.69, 9.17) is 9.15 Å². The Kier molecular flexibility index (Phi) is 8.21. The number of nitrogens with zero attached hydrogens (tertiary/aromatic N) is 7. The van der Waals surface area contributed by atoms with Gasteiger partial charge >= 0.3 is 0 Å². The van der Waals surface area contributed by atoms with Gasteiger partial charge in [-0.1, -0.05) is 41.3 Å². The van der Waals surface area contributed by atoms with E-state index in [-0.39, 0.29) is 40.8 Å². The second-order valence-corrected chi connectivity index (χ2v) is 13.5. The molecule has 2 aromatic carbocycles. The van der Waals surface area contributed by atoms with Crippen molar-refractivity contribution in [2.75, 3.05) is 51.8 Å². The van der Waals surface area contributed by atoms with Crippen LogP contribution in [0.4, 0.5) is 10.1 Å². The Balaban J connectivity index is 0.00000329. The largest absolute Gasteiger partial charge is 1.00 e. The molecule has 5 aromatic rings. The third-order valence-corrected chi connectivity index (χ3v) is 9.93. The van der Waals surface area contributed by atoms with E-state index >= 15 is 4.39 Å². The molecule has 0 N–H and O–H groups in total. The number of aromatic nitrogens is 5. The number of ether oxygens (including phenoxy) is 1. The molecule has 10 nitrogen and oxygen atoms in total.